The molecule has 1 atom stereocenters. The Hall–Kier alpha value is -1.62. The number of amides is 1. The number of H-pyrrole nitrogens is 1. The van der Waals surface area contributed by atoms with Crippen LogP contribution in [-0.4, -0.2) is 41.5 Å². The van der Waals surface area contributed by atoms with Crippen LogP contribution >= 0.6 is 0 Å². The highest BCUT2D eigenvalue weighted by atomic mass is 16.2. The molecule has 0 spiro atoms. The van der Waals surface area contributed by atoms with Crippen molar-refractivity contribution in [3.63, 3.8) is 0 Å². The molecule has 1 fully saturated rings. The highest BCUT2D eigenvalue weighted by molar-refractivity contribution is 5.93. The fraction of sp³-hybridized carbons (Fsp3) is 0.571. The molecule has 5 heteroatoms. The number of nitrogens with one attached hydrogen (secondary N) is 2. The molecule has 2 rings (SSSR count). The number of hydrogen-bond acceptors (Lipinski definition) is 3. The second-order valence-electron chi connectivity index (χ2n) is 5.04. The predicted molar refractivity (Wildman–Crippen MR) is 74.4 cm³/mol. The number of likely N-dealkylation sites (tertiary alicyclic amines) is 1. The molecule has 0 saturated carbocycles. The van der Waals surface area contributed by atoms with Crippen molar-refractivity contribution in [3.05, 3.63) is 33.7 Å². The van der Waals surface area contributed by atoms with Gasteiger partial charge >= 0.3 is 0 Å². The van der Waals surface area contributed by atoms with Gasteiger partial charge in [-0.2, -0.15) is 0 Å². The van der Waals surface area contributed by atoms with Crippen LogP contribution in [0.5, 0.6) is 0 Å². The monoisotopic (exact) mass is 263 g/mol. The quantitative estimate of drug-likeness (QED) is 0.851. The number of carbonyl (C=O) groups excluding carboxylic acids is 1. The van der Waals surface area contributed by atoms with E-state index in [0.29, 0.717) is 12.6 Å². The third kappa shape index (κ3) is 3.23. The average molecular weight is 263 g/mol. The highest BCUT2D eigenvalue weighted by Crippen LogP contribution is 2.12. The minimum absolute atomic E-state index is 0.163. The van der Waals surface area contributed by atoms with E-state index in [4.69, 9.17) is 0 Å². The van der Waals surface area contributed by atoms with Crippen LogP contribution in [0, 0.1) is 6.92 Å². The number of hydrogen-bond donors (Lipinski definition) is 2. The first-order valence-electron chi connectivity index (χ1n) is 6.83. The molecule has 0 aromatic carbocycles. The van der Waals surface area contributed by atoms with Crippen LogP contribution in [0.3, 0.4) is 0 Å². The second kappa shape index (κ2) is 6.02. The molecule has 1 saturated heterocycles. The molecule has 19 heavy (non-hydrogen) atoms. The van der Waals surface area contributed by atoms with Gasteiger partial charge in [0.05, 0.1) is 0 Å². The Bertz CT molecular complexity index is 508. The Balaban J connectivity index is 2.12. The van der Waals surface area contributed by atoms with Gasteiger partial charge < -0.3 is 15.2 Å². The first-order valence-corrected chi connectivity index (χ1v) is 6.83. The Morgan fingerprint density at radius 3 is 3.05 bits per heavy atom. The number of aromatic nitrogens is 1. The number of piperidine rings is 1. The predicted octanol–water partition coefficient (Wildman–Crippen LogP) is 0.897. The number of aryl methyl sites for hydroxylation is 1. The topological polar surface area (TPSA) is 65.2 Å². The lowest BCUT2D eigenvalue weighted by Crippen LogP contribution is -2.48. The van der Waals surface area contributed by atoms with Crippen LogP contribution in [0.2, 0.25) is 0 Å². The van der Waals surface area contributed by atoms with Gasteiger partial charge in [0.2, 0.25) is 0 Å². The standard InChI is InChI=1S/C14H21N3O2/c1-3-15-11-5-4-6-17(9-11)14(19)12-8-16-10(2)7-13(12)18/h7-8,11,15H,3-6,9H2,1-2H3,(H,16,18). The largest absolute Gasteiger partial charge is 0.364 e. The molecule has 1 aliphatic heterocycles. The van der Waals surface area contributed by atoms with Crippen LogP contribution < -0.4 is 10.7 Å². The van der Waals surface area contributed by atoms with Gasteiger partial charge in [-0.25, -0.2) is 0 Å². The van der Waals surface area contributed by atoms with Crippen LogP contribution in [0.4, 0.5) is 0 Å². The molecule has 1 aromatic heterocycles. The van der Waals surface area contributed by atoms with E-state index in [-0.39, 0.29) is 16.9 Å². The number of aromatic amines is 1. The zero-order valence-electron chi connectivity index (χ0n) is 11.5. The van der Waals surface area contributed by atoms with E-state index in [1.54, 1.807) is 11.8 Å². The maximum absolute atomic E-state index is 12.4. The summed E-state index contributed by atoms with van der Waals surface area (Å²) in [5, 5.41) is 3.36. The Morgan fingerprint density at radius 2 is 2.37 bits per heavy atom. The Morgan fingerprint density at radius 1 is 1.58 bits per heavy atom. The molecule has 0 radical (unpaired) electrons. The van der Waals surface area contributed by atoms with Gasteiger partial charge in [-0.15, -0.1) is 0 Å². The maximum atomic E-state index is 12.4. The van der Waals surface area contributed by atoms with E-state index in [1.807, 2.05) is 0 Å². The number of rotatable bonds is 3. The van der Waals surface area contributed by atoms with Gasteiger partial charge in [0, 0.05) is 37.1 Å². The number of pyridine rings is 1. The fourth-order valence-electron chi connectivity index (χ4n) is 2.53. The average Bonchev–Trinajstić information content (AvgIpc) is 2.39. The van der Waals surface area contributed by atoms with Crippen LogP contribution in [0.15, 0.2) is 17.1 Å². The summed E-state index contributed by atoms with van der Waals surface area (Å²) >= 11 is 0. The third-order valence-corrected chi connectivity index (χ3v) is 3.49. The highest BCUT2D eigenvalue weighted by Gasteiger charge is 2.25. The summed E-state index contributed by atoms with van der Waals surface area (Å²) in [7, 11) is 0. The molecule has 0 bridgehead atoms. The zero-order valence-corrected chi connectivity index (χ0v) is 11.5. The molecular weight excluding hydrogens is 242 g/mol. The van der Waals surface area contributed by atoms with Crippen LogP contribution in [0.25, 0.3) is 0 Å². The zero-order chi connectivity index (χ0) is 13.8. The van der Waals surface area contributed by atoms with Gasteiger partial charge in [0.15, 0.2) is 5.43 Å². The van der Waals surface area contributed by atoms with Crippen LogP contribution in [0.1, 0.15) is 35.8 Å². The smallest absolute Gasteiger partial charge is 0.259 e. The lowest BCUT2D eigenvalue weighted by atomic mass is 10.0. The summed E-state index contributed by atoms with van der Waals surface area (Å²) in [4.78, 5) is 28.9. The van der Waals surface area contributed by atoms with Crippen LogP contribution in [-0.2, 0) is 0 Å². The molecule has 104 valence electrons. The number of nitrogens with zero attached hydrogens (tertiary/aromatic N) is 1. The lowest BCUT2D eigenvalue weighted by Gasteiger charge is -2.33. The molecule has 1 aromatic rings. The molecular formula is C14H21N3O2. The molecule has 2 N–H and O–H groups in total. The third-order valence-electron chi connectivity index (χ3n) is 3.49. The minimum Gasteiger partial charge on any atom is -0.364 e. The lowest BCUT2D eigenvalue weighted by molar-refractivity contribution is 0.0694. The Kier molecular flexibility index (Phi) is 4.37. The van der Waals surface area contributed by atoms with E-state index in [9.17, 15) is 9.59 Å². The first kappa shape index (κ1) is 13.8. The second-order valence-corrected chi connectivity index (χ2v) is 5.04. The fourth-order valence-corrected chi connectivity index (χ4v) is 2.53. The van der Waals surface area contributed by atoms with Crippen molar-refractivity contribution in [1.82, 2.24) is 15.2 Å². The summed E-state index contributed by atoms with van der Waals surface area (Å²) in [6.45, 7) is 6.18. The van der Waals surface area contributed by atoms with Crippen molar-refractivity contribution in [2.24, 2.45) is 0 Å². The first-order chi connectivity index (χ1) is 9.11. The van der Waals surface area contributed by atoms with E-state index in [2.05, 4.69) is 17.2 Å². The minimum atomic E-state index is -0.202. The summed E-state index contributed by atoms with van der Waals surface area (Å²) in [5.41, 5.74) is 0.806. The van der Waals surface area contributed by atoms with Gasteiger partial charge in [-0.05, 0) is 26.3 Å². The summed E-state index contributed by atoms with van der Waals surface area (Å²) in [5.74, 6) is -0.163. The molecule has 0 aliphatic carbocycles. The summed E-state index contributed by atoms with van der Waals surface area (Å²) in [6, 6.07) is 1.81. The van der Waals surface area contributed by atoms with E-state index in [0.717, 1.165) is 31.6 Å². The Labute approximate surface area is 113 Å². The molecule has 1 unspecified atom stereocenters. The number of carbonyl (C=O) groups is 1. The van der Waals surface area contributed by atoms with Crippen molar-refractivity contribution in [2.75, 3.05) is 19.6 Å². The molecule has 5 nitrogen and oxygen atoms in total. The van der Waals surface area contributed by atoms with Crippen molar-refractivity contribution in [3.8, 4) is 0 Å². The number of likely N-dealkylation sites (N-methyl/N-ethyl adjacent to an activating group) is 1. The van der Waals surface area contributed by atoms with E-state index < -0.39 is 0 Å². The van der Waals surface area contributed by atoms with Gasteiger partial charge in [-0.1, -0.05) is 6.92 Å². The van der Waals surface area contributed by atoms with Crippen molar-refractivity contribution < 1.29 is 4.79 Å². The molecule has 2 heterocycles. The van der Waals surface area contributed by atoms with Gasteiger partial charge in [0.1, 0.15) is 5.56 Å². The summed E-state index contributed by atoms with van der Waals surface area (Å²) < 4.78 is 0. The van der Waals surface area contributed by atoms with E-state index >= 15 is 0 Å². The van der Waals surface area contributed by atoms with E-state index in [1.165, 1.54) is 12.3 Å². The maximum Gasteiger partial charge on any atom is 0.259 e. The molecule has 1 amide bonds. The van der Waals surface area contributed by atoms with Crippen molar-refractivity contribution >= 4 is 5.91 Å². The molecule has 1 aliphatic rings. The van der Waals surface area contributed by atoms with Gasteiger partial charge in [-0.3, -0.25) is 9.59 Å². The van der Waals surface area contributed by atoms with Crippen molar-refractivity contribution in [2.45, 2.75) is 32.7 Å². The normalized spacial score (nSPS) is 19.5. The van der Waals surface area contributed by atoms with Gasteiger partial charge in [0.25, 0.3) is 5.91 Å². The van der Waals surface area contributed by atoms with Crippen molar-refractivity contribution in [1.29, 1.82) is 0 Å². The SMILES string of the molecule is CCNC1CCCN(C(=O)c2c[nH]c(C)cc2=O)C1. The summed E-state index contributed by atoms with van der Waals surface area (Å²) in [6.07, 6.45) is 3.59.